The molecule has 0 aliphatic heterocycles. The van der Waals surface area contributed by atoms with Crippen LogP contribution in [0.3, 0.4) is 0 Å². The summed E-state index contributed by atoms with van der Waals surface area (Å²) in [7, 11) is 8.01. The number of nitrogens with one attached hydrogen (secondary N) is 1. The summed E-state index contributed by atoms with van der Waals surface area (Å²) in [4.78, 5) is 8.54. The highest BCUT2D eigenvalue weighted by Gasteiger charge is 2.11. The van der Waals surface area contributed by atoms with Gasteiger partial charge in [0.25, 0.3) is 0 Å². The first-order valence-electron chi connectivity index (χ1n) is 6.35. The Kier molecular flexibility index (Phi) is 3.85. The van der Waals surface area contributed by atoms with E-state index in [4.69, 9.17) is 0 Å². The first-order chi connectivity index (χ1) is 8.99. The highest BCUT2D eigenvalue weighted by Crippen LogP contribution is 2.23. The van der Waals surface area contributed by atoms with Gasteiger partial charge in [-0.2, -0.15) is 4.98 Å². The average molecular weight is 259 g/mol. The minimum atomic E-state index is 0.371. The number of aromatic nitrogens is 3. The quantitative estimate of drug-likeness (QED) is 0.914. The van der Waals surface area contributed by atoms with Crippen LogP contribution in [-0.4, -0.2) is 48.3 Å². The first kappa shape index (κ1) is 13.5. The van der Waals surface area contributed by atoms with Crippen LogP contribution in [0.25, 0.3) is 11.4 Å². The van der Waals surface area contributed by atoms with E-state index in [0.29, 0.717) is 12.0 Å². The second kappa shape index (κ2) is 5.40. The Morgan fingerprint density at radius 2 is 1.89 bits per heavy atom. The molecule has 5 heteroatoms. The smallest absolute Gasteiger partial charge is 0.244 e. The average Bonchev–Trinajstić information content (AvgIpc) is 2.87. The van der Waals surface area contributed by atoms with Gasteiger partial charge in [0.15, 0.2) is 5.82 Å². The molecule has 0 amide bonds. The summed E-state index contributed by atoms with van der Waals surface area (Å²) in [6, 6.07) is 8.77. The predicted octanol–water partition coefficient (Wildman–Crippen LogP) is 2.16. The SMILES string of the molecule is CC(c1cccc(-c2nc(N(C)C)n[nH]2)c1)N(C)C. The molecule has 0 aliphatic rings. The number of H-pyrrole nitrogens is 1. The summed E-state index contributed by atoms with van der Waals surface area (Å²) >= 11 is 0. The van der Waals surface area contributed by atoms with Crippen molar-refractivity contribution in [2.75, 3.05) is 33.1 Å². The number of hydrogen-bond donors (Lipinski definition) is 1. The van der Waals surface area contributed by atoms with Gasteiger partial charge < -0.3 is 9.80 Å². The van der Waals surface area contributed by atoms with Gasteiger partial charge >= 0.3 is 0 Å². The molecule has 0 bridgehead atoms. The van der Waals surface area contributed by atoms with Gasteiger partial charge in [0.2, 0.25) is 5.95 Å². The lowest BCUT2D eigenvalue weighted by Crippen LogP contribution is -2.16. The lowest BCUT2D eigenvalue weighted by molar-refractivity contribution is 0.321. The molecular weight excluding hydrogens is 238 g/mol. The molecule has 1 unspecified atom stereocenters. The van der Waals surface area contributed by atoms with Gasteiger partial charge in [-0.15, -0.1) is 5.10 Å². The van der Waals surface area contributed by atoms with Gasteiger partial charge in [-0.3, -0.25) is 5.10 Å². The van der Waals surface area contributed by atoms with E-state index in [1.165, 1.54) is 5.56 Å². The van der Waals surface area contributed by atoms with E-state index in [0.717, 1.165) is 11.4 Å². The monoisotopic (exact) mass is 259 g/mol. The lowest BCUT2D eigenvalue weighted by atomic mass is 10.0. The number of anilines is 1. The van der Waals surface area contributed by atoms with E-state index in [-0.39, 0.29) is 0 Å². The Morgan fingerprint density at radius 3 is 2.47 bits per heavy atom. The molecule has 2 aromatic rings. The summed E-state index contributed by atoms with van der Waals surface area (Å²) in [6.07, 6.45) is 0. The van der Waals surface area contributed by atoms with Crippen molar-refractivity contribution >= 4 is 5.95 Å². The maximum Gasteiger partial charge on any atom is 0.244 e. The summed E-state index contributed by atoms with van der Waals surface area (Å²) in [6.45, 7) is 2.19. The van der Waals surface area contributed by atoms with Crippen LogP contribution in [0.4, 0.5) is 5.95 Å². The maximum atomic E-state index is 4.47. The first-order valence-corrected chi connectivity index (χ1v) is 6.35. The number of hydrogen-bond acceptors (Lipinski definition) is 4. The summed E-state index contributed by atoms with van der Waals surface area (Å²) in [5, 5.41) is 7.16. The van der Waals surface area contributed by atoms with Crippen LogP contribution in [0, 0.1) is 0 Å². The molecule has 1 N–H and O–H groups in total. The molecule has 0 spiro atoms. The fourth-order valence-corrected chi connectivity index (χ4v) is 1.83. The fraction of sp³-hybridized carbons (Fsp3) is 0.429. The Bertz CT molecular complexity index is 544. The molecule has 0 aliphatic carbocycles. The van der Waals surface area contributed by atoms with Gasteiger partial charge in [-0.1, -0.05) is 18.2 Å². The molecular formula is C14H21N5. The Hall–Kier alpha value is -1.88. The second-order valence-corrected chi connectivity index (χ2v) is 5.14. The van der Waals surface area contributed by atoms with Crippen LogP contribution in [0.5, 0.6) is 0 Å². The zero-order chi connectivity index (χ0) is 14.0. The van der Waals surface area contributed by atoms with Crippen molar-refractivity contribution in [1.29, 1.82) is 0 Å². The molecule has 0 fully saturated rings. The van der Waals surface area contributed by atoms with Gasteiger partial charge in [0.05, 0.1) is 0 Å². The van der Waals surface area contributed by atoms with Crippen molar-refractivity contribution in [2.45, 2.75) is 13.0 Å². The lowest BCUT2D eigenvalue weighted by Gasteiger charge is -2.20. The van der Waals surface area contributed by atoms with Crippen LogP contribution in [0.1, 0.15) is 18.5 Å². The molecule has 0 saturated carbocycles. The Morgan fingerprint density at radius 1 is 1.16 bits per heavy atom. The summed E-state index contributed by atoms with van der Waals surface area (Å²) in [5.41, 5.74) is 2.33. The molecule has 19 heavy (non-hydrogen) atoms. The van der Waals surface area contributed by atoms with Gasteiger partial charge in [0.1, 0.15) is 0 Å². The van der Waals surface area contributed by atoms with Crippen LogP contribution in [-0.2, 0) is 0 Å². The summed E-state index contributed by atoms with van der Waals surface area (Å²) < 4.78 is 0. The van der Waals surface area contributed by atoms with Crippen LogP contribution in [0.2, 0.25) is 0 Å². The van der Waals surface area contributed by atoms with Crippen molar-refractivity contribution < 1.29 is 0 Å². The van der Waals surface area contributed by atoms with Gasteiger partial charge in [0, 0.05) is 25.7 Å². The molecule has 1 atom stereocenters. The van der Waals surface area contributed by atoms with Crippen LogP contribution in [0.15, 0.2) is 24.3 Å². The molecule has 1 aromatic heterocycles. The maximum absolute atomic E-state index is 4.47. The largest absolute Gasteiger partial charge is 0.346 e. The summed E-state index contributed by atoms with van der Waals surface area (Å²) in [5.74, 6) is 1.50. The van der Waals surface area contributed by atoms with Crippen molar-refractivity contribution in [3.8, 4) is 11.4 Å². The zero-order valence-electron chi connectivity index (χ0n) is 12.2. The van der Waals surface area contributed by atoms with E-state index in [2.05, 4.69) is 59.3 Å². The number of nitrogens with zero attached hydrogens (tertiary/aromatic N) is 4. The Balaban J connectivity index is 2.32. The molecule has 102 valence electrons. The number of benzene rings is 1. The van der Waals surface area contributed by atoms with Crippen LogP contribution >= 0.6 is 0 Å². The minimum Gasteiger partial charge on any atom is -0.346 e. The third-order valence-electron chi connectivity index (χ3n) is 3.29. The topological polar surface area (TPSA) is 48.1 Å². The van der Waals surface area contributed by atoms with Gasteiger partial charge in [-0.05, 0) is 32.6 Å². The third-order valence-corrected chi connectivity index (χ3v) is 3.29. The van der Waals surface area contributed by atoms with E-state index < -0.39 is 0 Å². The fourth-order valence-electron chi connectivity index (χ4n) is 1.83. The number of aromatic amines is 1. The highest BCUT2D eigenvalue weighted by molar-refractivity contribution is 5.57. The van der Waals surface area contributed by atoms with E-state index in [1.807, 2.05) is 25.1 Å². The number of rotatable bonds is 4. The molecule has 2 rings (SSSR count). The minimum absolute atomic E-state index is 0.371. The van der Waals surface area contributed by atoms with E-state index >= 15 is 0 Å². The van der Waals surface area contributed by atoms with Crippen molar-refractivity contribution in [1.82, 2.24) is 20.1 Å². The molecule has 0 radical (unpaired) electrons. The molecule has 1 heterocycles. The van der Waals surface area contributed by atoms with Crippen molar-refractivity contribution in [3.05, 3.63) is 29.8 Å². The molecule has 5 nitrogen and oxygen atoms in total. The van der Waals surface area contributed by atoms with Crippen molar-refractivity contribution in [2.24, 2.45) is 0 Å². The Labute approximate surface area is 114 Å². The molecule has 0 saturated heterocycles. The second-order valence-electron chi connectivity index (χ2n) is 5.14. The normalized spacial score (nSPS) is 12.7. The molecule has 1 aromatic carbocycles. The zero-order valence-corrected chi connectivity index (χ0v) is 12.2. The van der Waals surface area contributed by atoms with Crippen LogP contribution < -0.4 is 4.90 Å². The van der Waals surface area contributed by atoms with Gasteiger partial charge in [-0.25, -0.2) is 0 Å². The predicted molar refractivity (Wildman–Crippen MR) is 78.2 cm³/mol. The standard InChI is InChI=1S/C14H21N5/c1-10(18(2)3)11-7-6-8-12(9-11)13-15-14(17-16-13)19(4)5/h6-10H,1-5H3,(H,15,16,17). The van der Waals surface area contributed by atoms with Crippen molar-refractivity contribution in [3.63, 3.8) is 0 Å². The van der Waals surface area contributed by atoms with E-state index in [9.17, 15) is 0 Å². The highest BCUT2D eigenvalue weighted by atomic mass is 15.3. The van der Waals surface area contributed by atoms with E-state index in [1.54, 1.807) is 0 Å². The third kappa shape index (κ3) is 2.93.